The van der Waals surface area contributed by atoms with E-state index in [1.165, 1.54) is 11.8 Å². The summed E-state index contributed by atoms with van der Waals surface area (Å²) in [4.78, 5) is 0.810. The van der Waals surface area contributed by atoms with Crippen LogP contribution < -0.4 is 0 Å². The van der Waals surface area contributed by atoms with Gasteiger partial charge in [-0.05, 0) is 35.5 Å². The zero-order valence-electron chi connectivity index (χ0n) is 9.82. The van der Waals surface area contributed by atoms with Gasteiger partial charge in [0.25, 0.3) is 0 Å². The molecule has 0 aliphatic carbocycles. The Kier molecular flexibility index (Phi) is 3.42. The lowest BCUT2D eigenvalue weighted by atomic mass is 10.2. The maximum absolute atomic E-state index is 9.37. The second-order valence-electron chi connectivity index (χ2n) is 3.90. The number of pyridine rings is 1. The van der Waals surface area contributed by atoms with Crippen molar-refractivity contribution in [1.82, 2.24) is 14.6 Å². The third kappa shape index (κ3) is 2.32. The highest BCUT2D eigenvalue weighted by Gasteiger charge is 2.12. The molecule has 0 spiro atoms. The number of benzene rings is 1. The molecule has 0 aliphatic rings. The van der Waals surface area contributed by atoms with Crippen LogP contribution in [0.15, 0.2) is 52.6 Å². The molecule has 2 heterocycles. The maximum atomic E-state index is 9.37. The zero-order chi connectivity index (χ0) is 13.2. The molecule has 3 rings (SSSR count). The molecule has 0 bridgehead atoms. The molecule has 2 aromatic heterocycles. The van der Waals surface area contributed by atoms with Crippen molar-refractivity contribution in [3.63, 3.8) is 0 Å². The van der Waals surface area contributed by atoms with Crippen molar-refractivity contribution in [3.05, 3.63) is 53.2 Å². The SMILES string of the molecule is OCc1cccc(Cl)c1Sc1nnc2ccccn12. The van der Waals surface area contributed by atoms with Crippen LogP contribution in [0.4, 0.5) is 0 Å². The Labute approximate surface area is 119 Å². The fourth-order valence-electron chi connectivity index (χ4n) is 1.77. The lowest BCUT2D eigenvalue weighted by Crippen LogP contribution is -1.91. The predicted octanol–water partition coefficient (Wildman–Crippen LogP) is 3.03. The summed E-state index contributed by atoms with van der Waals surface area (Å²) >= 11 is 7.59. The molecule has 1 N–H and O–H groups in total. The molecule has 0 saturated carbocycles. The summed E-state index contributed by atoms with van der Waals surface area (Å²) in [6, 6.07) is 11.2. The highest BCUT2D eigenvalue weighted by Crippen LogP contribution is 2.35. The van der Waals surface area contributed by atoms with Crippen molar-refractivity contribution in [2.45, 2.75) is 16.7 Å². The second-order valence-corrected chi connectivity index (χ2v) is 5.28. The van der Waals surface area contributed by atoms with Gasteiger partial charge in [0.05, 0.1) is 11.6 Å². The Morgan fingerprint density at radius 3 is 2.89 bits per heavy atom. The molecule has 0 unspecified atom stereocenters. The minimum atomic E-state index is -0.0559. The Balaban J connectivity index is 2.06. The molecule has 4 nitrogen and oxygen atoms in total. The third-order valence-electron chi connectivity index (χ3n) is 2.69. The summed E-state index contributed by atoms with van der Waals surface area (Å²) in [5, 5.41) is 18.9. The molecular weight excluding hydrogens is 282 g/mol. The number of aliphatic hydroxyl groups excluding tert-OH is 1. The number of halogens is 1. The summed E-state index contributed by atoms with van der Waals surface area (Å²) in [6.07, 6.45) is 1.90. The van der Waals surface area contributed by atoms with Crippen LogP contribution >= 0.6 is 23.4 Å². The van der Waals surface area contributed by atoms with Crippen LogP contribution in [0, 0.1) is 0 Å². The van der Waals surface area contributed by atoms with E-state index in [1.54, 1.807) is 6.07 Å². The van der Waals surface area contributed by atoms with E-state index < -0.39 is 0 Å². The first kappa shape index (κ1) is 12.5. The zero-order valence-corrected chi connectivity index (χ0v) is 11.4. The molecule has 0 atom stereocenters. The molecule has 0 saturated heterocycles. The summed E-state index contributed by atoms with van der Waals surface area (Å²) in [7, 11) is 0. The Morgan fingerprint density at radius 2 is 2.05 bits per heavy atom. The summed E-state index contributed by atoms with van der Waals surface area (Å²) in [5.41, 5.74) is 1.56. The number of fused-ring (bicyclic) bond motifs is 1. The van der Waals surface area contributed by atoms with Crippen molar-refractivity contribution in [1.29, 1.82) is 0 Å². The summed E-state index contributed by atoms with van der Waals surface area (Å²) < 4.78 is 1.88. The molecular formula is C13H10ClN3OS. The van der Waals surface area contributed by atoms with Crippen molar-refractivity contribution in [2.75, 3.05) is 0 Å². The fraction of sp³-hybridized carbons (Fsp3) is 0.0769. The highest BCUT2D eigenvalue weighted by atomic mass is 35.5. The van der Waals surface area contributed by atoms with Crippen LogP contribution in [0.25, 0.3) is 5.65 Å². The molecule has 0 fully saturated rings. The average molecular weight is 292 g/mol. The van der Waals surface area contributed by atoms with Gasteiger partial charge in [0.1, 0.15) is 0 Å². The van der Waals surface area contributed by atoms with Crippen molar-refractivity contribution in [3.8, 4) is 0 Å². The van der Waals surface area contributed by atoms with Crippen LogP contribution in [0.1, 0.15) is 5.56 Å². The van der Waals surface area contributed by atoms with Gasteiger partial charge in [0.15, 0.2) is 10.8 Å². The molecule has 3 aromatic rings. The normalized spacial score (nSPS) is 11.1. The van der Waals surface area contributed by atoms with Crippen LogP contribution in [0.2, 0.25) is 5.02 Å². The van der Waals surface area contributed by atoms with Crippen LogP contribution in [-0.4, -0.2) is 19.7 Å². The van der Waals surface area contributed by atoms with Crippen molar-refractivity contribution >= 4 is 29.0 Å². The van der Waals surface area contributed by atoms with Gasteiger partial charge in [0, 0.05) is 11.1 Å². The molecule has 0 radical (unpaired) electrons. The number of hydrogen-bond acceptors (Lipinski definition) is 4. The van der Waals surface area contributed by atoms with E-state index >= 15 is 0 Å². The number of hydrogen-bond donors (Lipinski definition) is 1. The van der Waals surface area contributed by atoms with E-state index in [1.807, 2.05) is 40.9 Å². The predicted molar refractivity (Wildman–Crippen MR) is 74.5 cm³/mol. The van der Waals surface area contributed by atoms with Gasteiger partial charge in [-0.2, -0.15) is 0 Å². The molecule has 19 heavy (non-hydrogen) atoms. The molecule has 1 aromatic carbocycles. The van der Waals surface area contributed by atoms with E-state index in [9.17, 15) is 5.11 Å². The Bertz CT molecular complexity index is 729. The smallest absolute Gasteiger partial charge is 0.200 e. The van der Waals surface area contributed by atoms with E-state index in [4.69, 9.17) is 11.6 Å². The summed E-state index contributed by atoms with van der Waals surface area (Å²) in [6.45, 7) is -0.0559. The Morgan fingerprint density at radius 1 is 1.16 bits per heavy atom. The number of nitrogens with zero attached hydrogens (tertiary/aromatic N) is 3. The minimum Gasteiger partial charge on any atom is -0.392 e. The van der Waals surface area contributed by atoms with Gasteiger partial charge in [0.2, 0.25) is 0 Å². The number of rotatable bonds is 3. The van der Waals surface area contributed by atoms with Gasteiger partial charge in [-0.1, -0.05) is 29.8 Å². The molecule has 6 heteroatoms. The molecule has 0 amide bonds. The van der Waals surface area contributed by atoms with E-state index in [2.05, 4.69) is 10.2 Å². The van der Waals surface area contributed by atoms with E-state index in [-0.39, 0.29) is 6.61 Å². The first-order chi connectivity index (χ1) is 9.29. The van der Waals surface area contributed by atoms with Gasteiger partial charge in [-0.25, -0.2) is 0 Å². The van der Waals surface area contributed by atoms with Gasteiger partial charge in [-0.3, -0.25) is 4.40 Å². The topological polar surface area (TPSA) is 50.4 Å². The monoisotopic (exact) mass is 291 g/mol. The van der Waals surface area contributed by atoms with Crippen LogP contribution in [-0.2, 0) is 6.61 Å². The largest absolute Gasteiger partial charge is 0.392 e. The van der Waals surface area contributed by atoms with Crippen molar-refractivity contribution < 1.29 is 5.11 Å². The quantitative estimate of drug-likeness (QED) is 0.806. The van der Waals surface area contributed by atoms with Gasteiger partial charge in [-0.15, -0.1) is 10.2 Å². The van der Waals surface area contributed by atoms with Gasteiger partial charge >= 0.3 is 0 Å². The lowest BCUT2D eigenvalue weighted by molar-refractivity contribution is 0.279. The maximum Gasteiger partial charge on any atom is 0.200 e. The molecule has 96 valence electrons. The van der Waals surface area contributed by atoms with Crippen molar-refractivity contribution in [2.24, 2.45) is 0 Å². The minimum absolute atomic E-state index is 0.0559. The highest BCUT2D eigenvalue weighted by molar-refractivity contribution is 7.99. The average Bonchev–Trinajstić information content (AvgIpc) is 2.84. The standard InChI is InChI=1S/C13H10ClN3OS/c14-10-5-3-4-9(8-18)12(10)19-13-16-15-11-6-1-2-7-17(11)13/h1-7,18H,8H2. The van der Waals surface area contributed by atoms with Crippen LogP contribution in [0.3, 0.4) is 0 Å². The number of aromatic nitrogens is 3. The number of aliphatic hydroxyl groups is 1. The Hall–Kier alpha value is -1.56. The van der Waals surface area contributed by atoms with Gasteiger partial charge < -0.3 is 5.11 Å². The van der Waals surface area contributed by atoms with E-state index in [0.29, 0.717) is 5.02 Å². The molecule has 0 aliphatic heterocycles. The lowest BCUT2D eigenvalue weighted by Gasteiger charge is -2.07. The third-order valence-corrected chi connectivity index (χ3v) is 4.27. The van der Waals surface area contributed by atoms with Crippen LogP contribution in [0.5, 0.6) is 0 Å². The first-order valence-electron chi connectivity index (χ1n) is 5.65. The second kappa shape index (κ2) is 5.21. The van der Waals surface area contributed by atoms with E-state index in [0.717, 1.165) is 21.3 Å². The fourth-order valence-corrected chi connectivity index (χ4v) is 3.03. The summed E-state index contributed by atoms with van der Waals surface area (Å²) in [5.74, 6) is 0. The first-order valence-corrected chi connectivity index (χ1v) is 6.85.